The molecule has 1 fully saturated rings. The van der Waals surface area contributed by atoms with Gasteiger partial charge in [0.1, 0.15) is 18.3 Å². The van der Waals surface area contributed by atoms with Crippen molar-refractivity contribution in [2.45, 2.75) is 64.6 Å². The minimum atomic E-state index is -0.257. The van der Waals surface area contributed by atoms with E-state index in [0.717, 1.165) is 25.7 Å². The first-order chi connectivity index (χ1) is 10.9. The second kappa shape index (κ2) is 5.79. The van der Waals surface area contributed by atoms with Crippen LogP contribution in [0.4, 0.5) is 0 Å². The molecule has 0 saturated heterocycles. The Labute approximate surface area is 134 Å². The number of aromatic nitrogens is 4. The first kappa shape index (κ1) is 15.7. The molecule has 0 aromatic carbocycles. The molecule has 0 spiro atoms. The summed E-state index contributed by atoms with van der Waals surface area (Å²) < 4.78 is 3.08. The van der Waals surface area contributed by atoms with E-state index in [-0.39, 0.29) is 29.6 Å². The number of fused-ring (bicyclic) bond motifs is 1. The number of rotatable bonds is 3. The average molecular weight is 317 g/mol. The van der Waals surface area contributed by atoms with Gasteiger partial charge in [0.05, 0.1) is 11.7 Å². The predicted octanol–water partition coefficient (Wildman–Crippen LogP) is 1.41. The van der Waals surface area contributed by atoms with Crippen LogP contribution in [0, 0.1) is 0 Å². The van der Waals surface area contributed by atoms with E-state index in [1.165, 1.54) is 17.1 Å². The lowest BCUT2D eigenvalue weighted by Gasteiger charge is -2.19. The number of nitrogens with one attached hydrogen (secondary N) is 1. The summed E-state index contributed by atoms with van der Waals surface area (Å²) >= 11 is 0. The van der Waals surface area contributed by atoms with Gasteiger partial charge in [-0.05, 0) is 33.6 Å². The molecule has 7 heteroatoms. The highest BCUT2D eigenvalue weighted by atomic mass is 16.2. The van der Waals surface area contributed by atoms with Crippen LogP contribution in [-0.2, 0) is 16.9 Å². The van der Waals surface area contributed by atoms with Gasteiger partial charge in [-0.1, -0.05) is 12.8 Å². The van der Waals surface area contributed by atoms with Crippen LogP contribution in [0.1, 0.15) is 46.5 Å². The van der Waals surface area contributed by atoms with Crippen molar-refractivity contribution in [3.8, 4) is 0 Å². The van der Waals surface area contributed by atoms with Crippen LogP contribution in [0.15, 0.2) is 17.3 Å². The highest BCUT2D eigenvalue weighted by Gasteiger charge is 2.21. The molecule has 0 unspecified atom stereocenters. The second-order valence-electron chi connectivity index (χ2n) is 7.19. The summed E-state index contributed by atoms with van der Waals surface area (Å²) in [5.41, 5.74) is 0.0646. The standard InChI is InChI=1S/C16H23N5O2/c1-16(2,3)21-14-12(8-18-21)15(23)20(10-17-14)9-13(22)19-11-6-4-5-7-11/h8,10-11H,4-7,9H2,1-3H3,(H,19,22). The van der Waals surface area contributed by atoms with E-state index in [9.17, 15) is 9.59 Å². The Hall–Kier alpha value is -2.18. The minimum Gasteiger partial charge on any atom is -0.352 e. The topological polar surface area (TPSA) is 81.8 Å². The molecule has 3 rings (SSSR count). The number of nitrogens with zero attached hydrogens (tertiary/aromatic N) is 4. The SMILES string of the molecule is CC(C)(C)n1ncc2c(=O)n(CC(=O)NC3CCCC3)cnc21. The molecule has 1 amide bonds. The normalized spacial score (nSPS) is 16.1. The summed E-state index contributed by atoms with van der Waals surface area (Å²) in [6, 6.07) is 0.249. The lowest BCUT2D eigenvalue weighted by molar-refractivity contribution is -0.122. The highest BCUT2D eigenvalue weighted by Crippen LogP contribution is 2.18. The third-order valence-electron chi connectivity index (χ3n) is 4.22. The summed E-state index contributed by atoms with van der Waals surface area (Å²) in [6.45, 7) is 6.00. The van der Waals surface area contributed by atoms with Gasteiger partial charge in [-0.15, -0.1) is 0 Å². The van der Waals surface area contributed by atoms with Gasteiger partial charge in [0, 0.05) is 6.04 Å². The molecule has 1 saturated carbocycles. The summed E-state index contributed by atoms with van der Waals surface area (Å²) in [5.74, 6) is -0.136. The van der Waals surface area contributed by atoms with Gasteiger partial charge < -0.3 is 5.32 Å². The van der Waals surface area contributed by atoms with Crippen LogP contribution < -0.4 is 10.9 Å². The number of carbonyl (C=O) groups excluding carboxylic acids is 1. The van der Waals surface area contributed by atoms with Gasteiger partial charge >= 0.3 is 0 Å². The second-order valence-corrected chi connectivity index (χ2v) is 7.19. The van der Waals surface area contributed by atoms with Crippen molar-refractivity contribution in [1.82, 2.24) is 24.6 Å². The third-order valence-corrected chi connectivity index (χ3v) is 4.22. The van der Waals surface area contributed by atoms with Crippen molar-refractivity contribution < 1.29 is 4.79 Å². The third kappa shape index (κ3) is 3.13. The van der Waals surface area contributed by atoms with Crippen LogP contribution in [0.3, 0.4) is 0 Å². The number of hydrogen-bond acceptors (Lipinski definition) is 4. The zero-order valence-electron chi connectivity index (χ0n) is 13.9. The van der Waals surface area contributed by atoms with Crippen LogP contribution in [0.5, 0.6) is 0 Å². The molecule has 23 heavy (non-hydrogen) atoms. The van der Waals surface area contributed by atoms with Crippen LogP contribution in [0.25, 0.3) is 11.0 Å². The number of amides is 1. The van der Waals surface area contributed by atoms with E-state index in [0.29, 0.717) is 11.0 Å². The monoisotopic (exact) mass is 317 g/mol. The molecular formula is C16H23N5O2. The zero-order valence-corrected chi connectivity index (χ0v) is 13.9. The Bertz CT molecular complexity index is 778. The van der Waals surface area contributed by atoms with Crippen molar-refractivity contribution in [2.75, 3.05) is 0 Å². The van der Waals surface area contributed by atoms with Gasteiger partial charge in [0.25, 0.3) is 5.56 Å². The van der Waals surface area contributed by atoms with E-state index in [1.807, 2.05) is 20.8 Å². The molecule has 0 aliphatic heterocycles. The van der Waals surface area contributed by atoms with Crippen molar-refractivity contribution >= 4 is 16.9 Å². The molecule has 0 radical (unpaired) electrons. The van der Waals surface area contributed by atoms with Gasteiger partial charge in [-0.25, -0.2) is 9.67 Å². The Morgan fingerprint density at radius 3 is 2.70 bits per heavy atom. The van der Waals surface area contributed by atoms with E-state index in [1.54, 1.807) is 4.68 Å². The molecule has 2 aromatic heterocycles. The molecule has 0 atom stereocenters. The van der Waals surface area contributed by atoms with E-state index in [2.05, 4.69) is 15.4 Å². The van der Waals surface area contributed by atoms with Crippen LogP contribution in [0.2, 0.25) is 0 Å². The van der Waals surface area contributed by atoms with Gasteiger partial charge in [0.15, 0.2) is 5.65 Å². The fraction of sp³-hybridized carbons (Fsp3) is 0.625. The Morgan fingerprint density at radius 2 is 2.04 bits per heavy atom. The van der Waals surface area contributed by atoms with E-state index in [4.69, 9.17) is 0 Å². The lowest BCUT2D eigenvalue weighted by atomic mass is 10.1. The van der Waals surface area contributed by atoms with Crippen LogP contribution in [-0.4, -0.2) is 31.3 Å². The van der Waals surface area contributed by atoms with E-state index < -0.39 is 0 Å². The first-order valence-corrected chi connectivity index (χ1v) is 8.09. The smallest absolute Gasteiger partial charge is 0.264 e. The zero-order chi connectivity index (χ0) is 16.6. The quantitative estimate of drug-likeness (QED) is 0.928. The van der Waals surface area contributed by atoms with Gasteiger partial charge in [0.2, 0.25) is 5.91 Å². The van der Waals surface area contributed by atoms with Crippen molar-refractivity contribution in [2.24, 2.45) is 0 Å². The van der Waals surface area contributed by atoms with Gasteiger partial charge in [-0.2, -0.15) is 5.10 Å². The average Bonchev–Trinajstić information content (AvgIpc) is 3.10. The Morgan fingerprint density at radius 1 is 1.35 bits per heavy atom. The predicted molar refractivity (Wildman–Crippen MR) is 87.2 cm³/mol. The molecule has 1 aliphatic carbocycles. The highest BCUT2D eigenvalue weighted by molar-refractivity contribution is 5.77. The first-order valence-electron chi connectivity index (χ1n) is 8.09. The van der Waals surface area contributed by atoms with Crippen LogP contribution >= 0.6 is 0 Å². The minimum absolute atomic E-state index is 0.00102. The maximum absolute atomic E-state index is 12.5. The summed E-state index contributed by atoms with van der Waals surface area (Å²) in [5, 5.41) is 7.70. The number of hydrogen-bond donors (Lipinski definition) is 1. The maximum Gasteiger partial charge on any atom is 0.264 e. The Kier molecular flexibility index (Phi) is 3.95. The molecule has 1 aliphatic rings. The molecule has 2 aromatic rings. The maximum atomic E-state index is 12.5. The molecule has 7 nitrogen and oxygen atoms in total. The molecule has 1 N–H and O–H groups in total. The summed E-state index contributed by atoms with van der Waals surface area (Å²) in [6.07, 6.45) is 7.32. The van der Waals surface area contributed by atoms with Crippen molar-refractivity contribution in [3.05, 3.63) is 22.9 Å². The molecule has 124 valence electrons. The van der Waals surface area contributed by atoms with Crippen molar-refractivity contribution in [1.29, 1.82) is 0 Å². The summed E-state index contributed by atoms with van der Waals surface area (Å²) in [4.78, 5) is 29.0. The largest absolute Gasteiger partial charge is 0.352 e. The Balaban J connectivity index is 1.83. The molecular weight excluding hydrogens is 294 g/mol. The number of carbonyl (C=O) groups is 1. The fourth-order valence-electron chi connectivity index (χ4n) is 3.05. The molecule has 0 bridgehead atoms. The summed E-state index contributed by atoms with van der Waals surface area (Å²) in [7, 11) is 0. The van der Waals surface area contributed by atoms with E-state index >= 15 is 0 Å². The fourth-order valence-corrected chi connectivity index (χ4v) is 3.05. The van der Waals surface area contributed by atoms with Crippen molar-refractivity contribution in [3.63, 3.8) is 0 Å². The van der Waals surface area contributed by atoms with Gasteiger partial charge in [-0.3, -0.25) is 14.2 Å². The lowest BCUT2D eigenvalue weighted by Crippen LogP contribution is -2.37. The molecule has 2 heterocycles.